The number of benzene rings is 2. The molecule has 1 aromatic heterocycles. The molecule has 8 nitrogen and oxygen atoms in total. The van der Waals surface area contributed by atoms with Gasteiger partial charge in [0.2, 0.25) is 5.91 Å². The lowest BCUT2D eigenvalue weighted by Crippen LogP contribution is -2.45. The number of nitrogens with zero attached hydrogens (tertiary/aromatic N) is 1. The molecule has 4 amide bonds. The second-order valence-corrected chi connectivity index (χ2v) is 7.58. The van der Waals surface area contributed by atoms with Crippen molar-refractivity contribution in [3.63, 3.8) is 0 Å². The highest BCUT2D eigenvalue weighted by Gasteiger charge is 2.28. The number of furan rings is 1. The van der Waals surface area contributed by atoms with Gasteiger partial charge in [0.05, 0.1) is 12.2 Å². The molecule has 2 aromatic carbocycles. The predicted octanol–water partition coefficient (Wildman–Crippen LogP) is 4.41. The number of amides is 4. The summed E-state index contributed by atoms with van der Waals surface area (Å²) in [5.74, 6) is -0.540. The van der Waals surface area contributed by atoms with Crippen LogP contribution in [0, 0.1) is 5.92 Å². The Balaban J connectivity index is 1.30. The zero-order chi connectivity index (χ0) is 22.3. The number of nitrogens with one attached hydrogen (secondary N) is 3. The van der Waals surface area contributed by atoms with Crippen LogP contribution in [0.1, 0.15) is 23.4 Å². The van der Waals surface area contributed by atoms with E-state index in [1.54, 1.807) is 41.3 Å². The van der Waals surface area contributed by atoms with Gasteiger partial charge in [-0.15, -0.1) is 0 Å². The Morgan fingerprint density at radius 1 is 0.812 bits per heavy atom. The van der Waals surface area contributed by atoms with Crippen LogP contribution in [0.25, 0.3) is 0 Å². The molecule has 1 aliphatic rings. The summed E-state index contributed by atoms with van der Waals surface area (Å²) in [5.41, 5.74) is 1.94. The second kappa shape index (κ2) is 9.82. The molecule has 164 valence electrons. The normalized spacial score (nSPS) is 15.6. The van der Waals surface area contributed by atoms with Gasteiger partial charge in [-0.2, -0.15) is 0 Å². The van der Waals surface area contributed by atoms with Crippen LogP contribution >= 0.6 is 0 Å². The van der Waals surface area contributed by atoms with E-state index < -0.39 is 0 Å². The first-order valence-corrected chi connectivity index (χ1v) is 10.5. The highest BCUT2D eigenvalue weighted by atomic mass is 16.3. The maximum atomic E-state index is 12.8. The van der Waals surface area contributed by atoms with Crippen molar-refractivity contribution in [1.82, 2.24) is 4.90 Å². The first-order chi connectivity index (χ1) is 15.6. The summed E-state index contributed by atoms with van der Waals surface area (Å²) in [6, 6.07) is 19.1. The van der Waals surface area contributed by atoms with E-state index in [1.807, 2.05) is 30.3 Å². The number of anilines is 3. The first kappa shape index (κ1) is 21.2. The summed E-state index contributed by atoms with van der Waals surface area (Å²) in [6.07, 6.45) is 2.92. The molecule has 0 radical (unpaired) electrons. The van der Waals surface area contributed by atoms with E-state index in [0.29, 0.717) is 24.5 Å². The SMILES string of the molecule is O=C(Nc1ccc(NC(=O)C2CCCN(C(=O)Nc3ccccc3)C2)cc1)c1ccco1. The average Bonchev–Trinajstić information content (AvgIpc) is 3.36. The van der Waals surface area contributed by atoms with Gasteiger partial charge < -0.3 is 25.3 Å². The quantitative estimate of drug-likeness (QED) is 0.555. The molecule has 2 heterocycles. The number of carbonyl (C=O) groups excluding carboxylic acids is 3. The van der Waals surface area contributed by atoms with Crippen molar-refractivity contribution in [3.05, 3.63) is 78.8 Å². The van der Waals surface area contributed by atoms with E-state index in [1.165, 1.54) is 6.26 Å². The van der Waals surface area contributed by atoms with Gasteiger partial charge >= 0.3 is 6.03 Å². The van der Waals surface area contributed by atoms with Crippen LogP contribution in [0.15, 0.2) is 77.4 Å². The first-order valence-electron chi connectivity index (χ1n) is 10.5. The van der Waals surface area contributed by atoms with Crippen molar-refractivity contribution in [2.45, 2.75) is 12.8 Å². The van der Waals surface area contributed by atoms with Gasteiger partial charge in [0.1, 0.15) is 0 Å². The highest BCUT2D eigenvalue weighted by molar-refractivity contribution is 6.02. The fourth-order valence-electron chi connectivity index (χ4n) is 3.58. The second-order valence-electron chi connectivity index (χ2n) is 7.58. The summed E-state index contributed by atoms with van der Waals surface area (Å²) >= 11 is 0. The van der Waals surface area contributed by atoms with Crippen molar-refractivity contribution in [2.75, 3.05) is 29.0 Å². The van der Waals surface area contributed by atoms with Crippen LogP contribution in [0.2, 0.25) is 0 Å². The fraction of sp³-hybridized carbons (Fsp3) is 0.208. The Hall–Kier alpha value is -4.07. The molecule has 1 unspecified atom stereocenters. The van der Waals surface area contributed by atoms with Crippen LogP contribution < -0.4 is 16.0 Å². The van der Waals surface area contributed by atoms with Crippen LogP contribution in [0.4, 0.5) is 21.9 Å². The van der Waals surface area contributed by atoms with Crippen molar-refractivity contribution >= 4 is 34.9 Å². The Morgan fingerprint density at radius 2 is 1.50 bits per heavy atom. The zero-order valence-electron chi connectivity index (χ0n) is 17.4. The topological polar surface area (TPSA) is 104 Å². The van der Waals surface area contributed by atoms with E-state index in [-0.39, 0.29) is 29.5 Å². The Kier molecular flexibility index (Phi) is 6.50. The minimum absolute atomic E-state index is 0.130. The summed E-state index contributed by atoms with van der Waals surface area (Å²) < 4.78 is 5.07. The van der Waals surface area contributed by atoms with E-state index in [9.17, 15) is 14.4 Å². The van der Waals surface area contributed by atoms with Gasteiger partial charge in [-0.25, -0.2) is 4.79 Å². The van der Waals surface area contributed by atoms with Crippen molar-refractivity contribution in [3.8, 4) is 0 Å². The van der Waals surface area contributed by atoms with Gasteiger partial charge in [0.25, 0.3) is 5.91 Å². The van der Waals surface area contributed by atoms with Crippen molar-refractivity contribution in [2.24, 2.45) is 5.92 Å². The molecule has 3 aromatic rings. The van der Waals surface area contributed by atoms with Gasteiger partial charge in [-0.1, -0.05) is 18.2 Å². The molecule has 8 heteroatoms. The molecule has 1 fully saturated rings. The molecule has 0 saturated carbocycles. The Bertz CT molecular complexity index is 1070. The average molecular weight is 432 g/mol. The van der Waals surface area contributed by atoms with E-state index in [2.05, 4.69) is 16.0 Å². The molecule has 3 N–H and O–H groups in total. The maximum absolute atomic E-state index is 12.8. The maximum Gasteiger partial charge on any atom is 0.321 e. The lowest BCUT2D eigenvalue weighted by molar-refractivity contribution is -0.121. The smallest absolute Gasteiger partial charge is 0.321 e. The van der Waals surface area contributed by atoms with Gasteiger partial charge in [-0.05, 0) is 61.4 Å². The molecule has 1 atom stereocenters. The third kappa shape index (κ3) is 5.34. The third-order valence-electron chi connectivity index (χ3n) is 5.26. The number of hydrogen-bond acceptors (Lipinski definition) is 4. The molecular weight excluding hydrogens is 408 g/mol. The fourth-order valence-corrected chi connectivity index (χ4v) is 3.58. The van der Waals surface area contributed by atoms with E-state index in [4.69, 9.17) is 4.42 Å². The molecule has 1 aliphatic heterocycles. The number of likely N-dealkylation sites (tertiary alicyclic amines) is 1. The molecule has 32 heavy (non-hydrogen) atoms. The standard InChI is InChI=1S/C24H24N4O4/c29-22(17-6-4-14-28(16-17)24(31)27-18-7-2-1-3-8-18)25-19-10-12-20(13-11-19)26-23(30)21-9-5-15-32-21/h1-3,5,7-13,15,17H,4,6,14,16H2,(H,25,29)(H,26,30)(H,27,31). The Labute approximate surface area is 185 Å². The van der Waals surface area contributed by atoms with Gasteiger partial charge in [-0.3, -0.25) is 9.59 Å². The number of para-hydroxylation sites is 1. The number of carbonyl (C=O) groups is 3. The van der Waals surface area contributed by atoms with Crippen LogP contribution in [-0.4, -0.2) is 35.8 Å². The number of rotatable bonds is 5. The van der Waals surface area contributed by atoms with Crippen molar-refractivity contribution in [1.29, 1.82) is 0 Å². The molecule has 1 saturated heterocycles. The largest absolute Gasteiger partial charge is 0.459 e. The summed E-state index contributed by atoms with van der Waals surface area (Å²) in [7, 11) is 0. The summed E-state index contributed by atoms with van der Waals surface area (Å²) in [6.45, 7) is 0.980. The number of urea groups is 1. The summed E-state index contributed by atoms with van der Waals surface area (Å²) in [4.78, 5) is 39.0. The number of hydrogen-bond donors (Lipinski definition) is 3. The lowest BCUT2D eigenvalue weighted by Gasteiger charge is -2.32. The zero-order valence-corrected chi connectivity index (χ0v) is 17.4. The van der Waals surface area contributed by atoms with Crippen LogP contribution in [0.3, 0.4) is 0 Å². The summed E-state index contributed by atoms with van der Waals surface area (Å²) in [5, 5.41) is 8.50. The minimum atomic E-state index is -0.345. The minimum Gasteiger partial charge on any atom is -0.459 e. The van der Waals surface area contributed by atoms with E-state index in [0.717, 1.165) is 18.5 Å². The van der Waals surface area contributed by atoms with Gasteiger partial charge in [0.15, 0.2) is 5.76 Å². The van der Waals surface area contributed by atoms with Gasteiger partial charge in [0, 0.05) is 30.2 Å². The van der Waals surface area contributed by atoms with E-state index >= 15 is 0 Å². The Morgan fingerprint density at radius 3 is 2.19 bits per heavy atom. The van der Waals surface area contributed by atoms with Crippen LogP contribution in [-0.2, 0) is 4.79 Å². The third-order valence-corrected chi connectivity index (χ3v) is 5.26. The van der Waals surface area contributed by atoms with Crippen molar-refractivity contribution < 1.29 is 18.8 Å². The molecule has 0 spiro atoms. The predicted molar refractivity (Wildman–Crippen MR) is 121 cm³/mol. The molecule has 4 rings (SSSR count). The molecular formula is C24H24N4O4. The molecule has 0 aliphatic carbocycles. The lowest BCUT2D eigenvalue weighted by atomic mass is 9.97. The van der Waals surface area contributed by atoms with Crippen LogP contribution in [0.5, 0.6) is 0 Å². The monoisotopic (exact) mass is 432 g/mol. The number of piperidine rings is 1. The molecule has 0 bridgehead atoms. The highest BCUT2D eigenvalue weighted by Crippen LogP contribution is 2.21.